The smallest absolute Gasteiger partial charge is 0.339 e. The molecule has 0 spiro atoms. The zero-order chi connectivity index (χ0) is 21.6. The van der Waals surface area contributed by atoms with Gasteiger partial charge in [0.25, 0.3) is 0 Å². The number of hydrogen-bond acceptors (Lipinski definition) is 6. The summed E-state index contributed by atoms with van der Waals surface area (Å²) in [6.45, 7) is 3.47. The van der Waals surface area contributed by atoms with E-state index >= 15 is 0 Å². The summed E-state index contributed by atoms with van der Waals surface area (Å²) in [7, 11) is 0. The van der Waals surface area contributed by atoms with Crippen molar-refractivity contribution in [2.45, 2.75) is 31.3 Å². The van der Waals surface area contributed by atoms with Crippen molar-refractivity contribution in [1.82, 2.24) is 9.88 Å². The maximum Gasteiger partial charge on any atom is 0.339 e. The summed E-state index contributed by atoms with van der Waals surface area (Å²) < 4.78 is 11.2. The highest BCUT2D eigenvalue weighted by Crippen LogP contribution is 2.26. The fourth-order valence-corrected chi connectivity index (χ4v) is 4.38. The number of thioether (sulfide) groups is 1. The van der Waals surface area contributed by atoms with E-state index in [-0.39, 0.29) is 12.5 Å². The molecule has 0 N–H and O–H groups in total. The quantitative estimate of drug-likeness (QED) is 0.394. The van der Waals surface area contributed by atoms with Crippen LogP contribution in [0.1, 0.15) is 34.7 Å². The molecule has 1 aliphatic heterocycles. The molecule has 1 fully saturated rings. The Labute approximate surface area is 185 Å². The first-order valence-electron chi connectivity index (χ1n) is 10.3. The standard InChI is InChI=1S/C24H24N2O4S/c1-17-20(25-23(30-17)18-9-3-2-4-10-18)15-29-24(28)19-11-5-6-12-21(19)31-16-22(27)26-13-7-8-14-26/h2-6,9-12H,7-8,13-16H2,1H3. The van der Waals surface area contributed by atoms with Gasteiger partial charge in [0, 0.05) is 23.5 Å². The van der Waals surface area contributed by atoms with Gasteiger partial charge in [-0.2, -0.15) is 0 Å². The lowest BCUT2D eigenvalue weighted by atomic mass is 10.2. The van der Waals surface area contributed by atoms with E-state index in [1.807, 2.05) is 47.4 Å². The van der Waals surface area contributed by atoms with E-state index in [1.54, 1.807) is 19.1 Å². The third kappa shape index (κ3) is 5.17. The molecule has 160 valence electrons. The highest BCUT2D eigenvalue weighted by molar-refractivity contribution is 8.00. The second kappa shape index (κ2) is 9.83. The van der Waals surface area contributed by atoms with E-state index in [0.29, 0.717) is 28.7 Å². The third-order valence-corrected chi connectivity index (χ3v) is 6.23. The molecule has 0 unspecified atom stereocenters. The first kappa shape index (κ1) is 21.2. The van der Waals surface area contributed by atoms with Crippen LogP contribution in [-0.2, 0) is 16.1 Å². The molecule has 31 heavy (non-hydrogen) atoms. The van der Waals surface area contributed by atoms with Crippen LogP contribution in [0.25, 0.3) is 11.5 Å². The summed E-state index contributed by atoms with van der Waals surface area (Å²) in [5.41, 5.74) is 1.90. The van der Waals surface area contributed by atoms with E-state index in [9.17, 15) is 9.59 Å². The van der Waals surface area contributed by atoms with Gasteiger partial charge in [0.1, 0.15) is 18.1 Å². The Morgan fingerprint density at radius 3 is 2.55 bits per heavy atom. The van der Waals surface area contributed by atoms with Crippen LogP contribution in [0.3, 0.4) is 0 Å². The Bertz CT molecular complexity index is 1060. The third-order valence-electron chi connectivity index (χ3n) is 5.17. The Balaban J connectivity index is 1.39. The molecular weight excluding hydrogens is 412 g/mol. The van der Waals surface area contributed by atoms with Crippen LogP contribution >= 0.6 is 11.8 Å². The van der Waals surface area contributed by atoms with Crippen molar-refractivity contribution in [3.63, 3.8) is 0 Å². The lowest BCUT2D eigenvalue weighted by molar-refractivity contribution is -0.127. The van der Waals surface area contributed by atoms with Crippen molar-refractivity contribution >= 4 is 23.6 Å². The Morgan fingerprint density at radius 1 is 1.06 bits per heavy atom. The molecule has 0 saturated carbocycles. The molecule has 0 bridgehead atoms. The van der Waals surface area contributed by atoms with E-state index < -0.39 is 5.97 Å². The van der Waals surface area contributed by atoms with Gasteiger partial charge in [0.2, 0.25) is 11.8 Å². The van der Waals surface area contributed by atoms with Crippen molar-refractivity contribution < 1.29 is 18.7 Å². The van der Waals surface area contributed by atoms with Gasteiger partial charge in [-0.1, -0.05) is 30.3 Å². The van der Waals surface area contributed by atoms with Crippen molar-refractivity contribution in [1.29, 1.82) is 0 Å². The molecule has 7 heteroatoms. The summed E-state index contributed by atoms with van der Waals surface area (Å²) in [5.74, 6) is 1.09. The molecule has 3 aromatic rings. The number of carbonyl (C=O) groups excluding carboxylic acids is 2. The number of hydrogen-bond donors (Lipinski definition) is 0. The lowest BCUT2D eigenvalue weighted by Crippen LogP contribution is -2.29. The normalized spacial score (nSPS) is 13.4. The Kier molecular flexibility index (Phi) is 6.72. The van der Waals surface area contributed by atoms with Gasteiger partial charge >= 0.3 is 5.97 Å². The van der Waals surface area contributed by atoms with Crippen molar-refractivity contribution in [2.75, 3.05) is 18.8 Å². The van der Waals surface area contributed by atoms with Gasteiger partial charge in [0.05, 0.1) is 11.3 Å². The summed E-state index contributed by atoms with van der Waals surface area (Å²) in [6.07, 6.45) is 2.12. The van der Waals surface area contributed by atoms with Gasteiger partial charge in [-0.05, 0) is 44.0 Å². The van der Waals surface area contributed by atoms with E-state index in [4.69, 9.17) is 9.15 Å². The van der Waals surface area contributed by atoms with E-state index in [1.165, 1.54) is 11.8 Å². The number of benzene rings is 2. The zero-order valence-corrected chi connectivity index (χ0v) is 18.2. The summed E-state index contributed by atoms with van der Waals surface area (Å²) in [6, 6.07) is 16.8. The maximum absolute atomic E-state index is 12.7. The van der Waals surface area contributed by atoms with Gasteiger partial charge in [-0.15, -0.1) is 11.8 Å². The number of likely N-dealkylation sites (tertiary alicyclic amines) is 1. The molecule has 1 aliphatic rings. The predicted octanol–water partition coefficient (Wildman–Crippen LogP) is 4.72. The number of aromatic nitrogens is 1. The minimum atomic E-state index is -0.444. The van der Waals surface area contributed by atoms with E-state index in [2.05, 4.69) is 4.98 Å². The topological polar surface area (TPSA) is 72.6 Å². The second-order valence-electron chi connectivity index (χ2n) is 7.34. The lowest BCUT2D eigenvalue weighted by Gasteiger charge is -2.15. The molecule has 1 aromatic heterocycles. The van der Waals surface area contributed by atoms with Crippen LogP contribution < -0.4 is 0 Å². The highest BCUT2D eigenvalue weighted by Gasteiger charge is 2.20. The number of aryl methyl sites for hydroxylation is 1. The molecule has 0 aliphatic carbocycles. The SMILES string of the molecule is Cc1oc(-c2ccccc2)nc1COC(=O)c1ccccc1SCC(=O)N1CCCC1. The van der Waals surface area contributed by atoms with Crippen molar-refractivity contribution in [2.24, 2.45) is 0 Å². The Hall–Kier alpha value is -3.06. The molecule has 4 rings (SSSR count). The van der Waals surface area contributed by atoms with Crippen LogP contribution in [-0.4, -0.2) is 40.6 Å². The van der Waals surface area contributed by atoms with Gasteiger partial charge < -0.3 is 14.1 Å². The second-order valence-corrected chi connectivity index (χ2v) is 8.35. The van der Waals surface area contributed by atoms with Gasteiger partial charge in [0.15, 0.2) is 0 Å². The average molecular weight is 437 g/mol. The molecule has 1 amide bonds. The van der Waals surface area contributed by atoms with Gasteiger partial charge in [-0.25, -0.2) is 9.78 Å². The highest BCUT2D eigenvalue weighted by atomic mass is 32.2. The molecule has 2 aromatic carbocycles. The number of oxazole rings is 1. The van der Waals surface area contributed by atoms with E-state index in [0.717, 1.165) is 36.4 Å². The molecular formula is C24H24N2O4S. The monoisotopic (exact) mass is 436 g/mol. The van der Waals surface area contributed by atoms with Crippen LogP contribution in [0.2, 0.25) is 0 Å². The summed E-state index contributed by atoms with van der Waals surface area (Å²) in [5, 5.41) is 0. The van der Waals surface area contributed by atoms with Crippen LogP contribution in [0.4, 0.5) is 0 Å². The fraction of sp³-hybridized carbons (Fsp3) is 0.292. The number of amides is 1. The summed E-state index contributed by atoms with van der Waals surface area (Å²) >= 11 is 1.37. The fourth-order valence-electron chi connectivity index (χ4n) is 3.44. The Morgan fingerprint density at radius 2 is 1.77 bits per heavy atom. The van der Waals surface area contributed by atoms with Crippen LogP contribution in [0, 0.1) is 6.92 Å². The number of ether oxygens (including phenoxy) is 1. The van der Waals surface area contributed by atoms with Crippen LogP contribution in [0.15, 0.2) is 63.9 Å². The number of carbonyl (C=O) groups is 2. The zero-order valence-electron chi connectivity index (χ0n) is 17.4. The molecule has 0 atom stereocenters. The van der Waals surface area contributed by atoms with Gasteiger partial charge in [-0.3, -0.25) is 4.79 Å². The molecule has 0 radical (unpaired) electrons. The number of nitrogens with zero attached hydrogens (tertiary/aromatic N) is 2. The average Bonchev–Trinajstić information content (AvgIpc) is 3.47. The molecule has 6 nitrogen and oxygen atoms in total. The first-order valence-corrected chi connectivity index (χ1v) is 11.3. The largest absolute Gasteiger partial charge is 0.455 e. The molecule has 2 heterocycles. The van der Waals surface area contributed by atoms with Crippen molar-refractivity contribution in [3.8, 4) is 11.5 Å². The predicted molar refractivity (Wildman–Crippen MR) is 119 cm³/mol. The first-order chi connectivity index (χ1) is 15.1. The number of rotatable bonds is 7. The van der Waals surface area contributed by atoms with Crippen LogP contribution in [0.5, 0.6) is 0 Å². The summed E-state index contributed by atoms with van der Waals surface area (Å²) in [4.78, 5) is 32.2. The minimum absolute atomic E-state index is 0.0205. The van der Waals surface area contributed by atoms with Crippen molar-refractivity contribution in [3.05, 3.63) is 71.6 Å². The maximum atomic E-state index is 12.7. The number of esters is 1. The minimum Gasteiger partial charge on any atom is -0.455 e. The molecule has 1 saturated heterocycles.